The van der Waals surface area contributed by atoms with Gasteiger partial charge < -0.3 is 15.7 Å². The van der Waals surface area contributed by atoms with Gasteiger partial charge in [-0.05, 0) is 29.8 Å². The van der Waals surface area contributed by atoms with Crippen LogP contribution < -0.4 is 5.73 Å². The molecule has 3 rings (SSSR count). The van der Waals surface area contributed by atoms with E-state index in [1.807, 2.05) is 0 Å². The first-order valence-electron chi connectivity index (χ1n) is 7.38. The number of alkyl halides is 3. The van der Waals surface area contributed by atoms with Crippen LogP contribution in [0.15, 0.2) is 42.6 Å². The summed E-state index contributed by atoms with van der Waals surface area (Å²) >= 11 is 5.82. The molecule has 1 aromatic carbocycles. The van der Waals surface area contributed by atoms with Crippen molar-refractivity contribution in [2.75, 3.05) is 0 Å². The van der Waals surface area contributed by atoms with E-state index in [1.54, 1.807) is 31.3 Å². The second-order valence-electron chi connectivity index (χ2n) is 5.58. The van der Waals surface area contributed by atoms with E-state index in [0.717, 1.165) is 12.3 Å². The highest BCUT2D eigenvalue weighted by Crippen LogP contribution is 2.30. The van der Waals surface area contributed by atoms with Gasteiger partial charge in [0.1, 0.15) is 5.52 Å². The molecule has 0 bridgehead atoms. The zero-order valence-electron chi connectivity index (χ0n) is 13.5. The molecule has 0 aliphatic carbocycles. The number of aryl methyl sites for hydroxylation is 1. The molecule has 5 nitrogen and oxygen atoms in total. The predicted octanol–water partition coefficient (Wildman–Crippen LogP) is 4.01. The van der Waals surface area contributed by atoms with Crippen LogP contribution in [-0.4, -0.2) is 20.2 Å². The molecule has 0 atom stereocenters. The van der Waals surface area contributed by atoms with E-state index in [1.165, 1.54) is 10.6 Å². The number of nitrogens with one attached hydrogen (secondary N) is 1. The Morgan fingerprint density at radius 1 is 1.27 bits per heavy atom. The van der Waals surface area contributed by atoms with Crippen molar-refractivity contribution < 1.29 is 13.2 Å². The highest BCUT2D eigenvalue weighted by atomic mass is 35.5. The average molecular weight is 380 g/mol. The minimum absolute atomic E-state index is 0.0756. The number of pyridine rings is 1. The molecule has 0 fully saturated rings. The summed E-state index contributed by atoms with van der Waals surface area (Å²) in [6, 6.07) is 7.55. The van der Waals surface area contributed by atoms with Gasteiger partial charge in [0, 0.05) is 18.3 Å². The van der Waals surface area contributed by atoms with Crippen molar-refractivity contribution in [3.8, 4) is 0 Å². The molecule has 3 aromatic rings. The number of hydrogen-bond acceptors (Lipinski definition) is 4. The van der Waals surface area contributed by atoms with Crippen LogP contribution in [0, 0.1) is 5.41 Å². The lowest BCUT2D eigenvalue weighted by molar-refractivity contribution is -0.137. The van der Waals surface area contributed by atoms with Gasteiger partial charge in [-0.1, -0.05) is 23.7 Å². The minimum atomic E-state index is -4.50. The number of rotatable bonds is 3. The van der Waals surface area contributed by atoms with Gasteiger partial charge in [-0.15, -0.1) is 0 Å². The molecule has 9 heteroatoms. The van der Waals surface area contributed by atoms with E-state index < -0.39 is 11.7 Å². The van der Waals surface area contributed by atoms with Crippen LogP contribution in [0.5, 0.6) is 0 Å². The van der Waals surface area contributed by atoms with Gasteiger partial charge in [0.15, 0.2) is 11.5 Å². The van der Waals surface area contributed by atoms with Crippen molar-refractivity contribution in [1.82, 2.24) is 14.5 Å². The number of aromatic nitrogens is 3. The summed E-state index contributed by atoms with van der Waals surface area (Å²) in [7, 11) is 1.59. The van der Waals surface area contributed by atoms with Gasteiger partial charge in [-0.25, -0.2) is 9.97 Å². The number of benzene rings is 1. The van der Waals surface area contributed by atoms with Gasteiger partial charge in [-0.3, -0.25) is 0 Å². The molecule has 0 unspecified atom stereocenters. The molecule has 0 radical (unpaired) electrons. The highest BCUT2D eigenvalue weighted by molar-refractivity contribution is 6.30. The molecule has 26 heavy (non-hydrogen) atoms. The summed E-state index contributed by atoms with van der Waals surface area (Å²) in [6.45, 7) is 0. The Bertz CT molecular complexity index is 1020. The lowest BCUT2D eigenvalue weighted by atomic mass is 10.1. The van der Waals surface area contributed by atoms with Crippen molar-refractivity contribution in [3.05, 3.63) is 64.6 Å². The SMILES string of the molecule is Cn1c(/C(N)=C/C(=N)c2ccc(Cl)cc2)nc2cc(C(F)(F)F)cnc21. The fraction of sp³-hybridized carbons (Fsp3) is 0.118. The minimum Gasteiger partial charge on any atom is -0.396 e. The van der Waals surface area contributed by atoms with Crippen molar-refractivity contribution in [2.45, 2.75) is 6.18 Å². The van der Waals surface area contributed by atoms with E-state index in [2.05, 4.69) is 9.97 Å². The topological polar surface area (TPSA) is 80.6 Å². The van der Waals surface area contributed by atoms with Crippen LogP contribution in [0.4, 0.5) is 13.2 Å². The van der Waals surface area contributed by atoms with Crippen molar-refractivity contribution >= 4 is 34.2 Å². The third-order valence-electron chi connectivity index (χ3n) is 3.75. The third-order valence-corrected chi connectivity index (χ3v) is 4.00. The first-order chi connectivity index (χ1) is 12.2. The number of nitrogens with zero attached hydrogens (tertiary/aromatic N) is 3. The Labute approximate surface area is 151 Å². The van der Waals surface area contributed by atoms with Crippen LogP contribution in [0.1, 0.15) is 17.0 Å². The zero-order valence-corrected chi connectivity index (χ0v) is 14.2. The van der Waals surface area contributed by atoms with Crippen molar-refractivity contribution in [3.63, 3.8) is 0 Å². The summed E-state index contributed by atoms with van der Waals surface area (Å²) in [4.78, 5) is 7.96. The lowest BCUT2D eigenvalue weighted by Crippen LogP contribution is -2.08. The third kappa shape index (κ3) is 3.41. The number of nitrogens with two attached hydrogens (primary N) is 1. The summed E-state index contributed by atoms with van der Waals surface area (Å²) in [5, 5.41) is 8.64. The van der Waals surface area contributed by atoms with Gasteiger partial charge in [0.25, 0.3) is 0 Å². The van der Waals surface area contributed by atoms with Gasteiger partial charge in [0.2, 0.25) is 0 Å². The maximum atomic E-state index is 12.8. The van der Waals surface area contributed by atoms with E-state index in [-0.39, 0.29) is 28.4 Å². The van der Waals surface area contributed by atoms with E-state index in [4.69, 9.17) is 22.7 Å². The number of allylic oxidation sites excluding steroid dienone is 1. The molecule has 0 amide bonds. The highest BCUT2D eigenvalue weighted by Gasteiger charge is 2.31. The molecule has 0 saturated carbocycles. The maximum Gasteiger partial charge on any atom is 0.417 e. The first kappa shape index (κ1) is 17.9. The molecule has 0 aliphatic rings. The number of halogens is 4. The Morgan fingerprint density at radius 3 is 2.54 bits per heavy atom. The molecular weight excluding hydrogens is 367 g/mol. The first-order valence-corrected chi connectivity index (χ1v) is 7.76. The van der Waals surface area contributed by atoms with Gasteiger partial charge in [0.05, 0.1) is 17.0 Å². The standard InChI is InChI=1S/C17H13ClF3N5/c1-26-15(13(23)7-12(22)9-2-4-11(18)5-3-9)25-14-6-10(17(19,20)21)8-24-16(14)26/h2-8,22H,23H2,1H3/b13-7-,22-12?. The molecule has 134 valence electrons. The molecule has 2 heterocycles. The van der Waals surface area contributed by atoms with E-state index in [9.17, 15) is 13.2 Å². The predicted molar refractivity (Wildman–Crippen MR) is 94.0 cm³/mol. The smallest absolute Gasteiger partial charge is 0.396 e. The molecule has 0 saturated heterocycles. The summed E-state index contributed by atoms with van der Waals surface area (Å²) in [5.41, 5.74) is 6.32. The van der Waals surface area contributed by atoms with Crippen molar-refractivity contribution in [1.29, 1.82) is 5.41 Å². The van der Waals surface area contributed by atoms with E-state index in [0.29, 0.717) is 10.6 Å². The van der Waals surface area contributed by atoms with Crippen LogP contribution in [-0.2, 0) is 13.2 Å². The molecule has 0 aliphatic heterocycles. The zero-order chi connectivity index (χ0) is 19.1. The Morgan fingerprint density at radius 2 is 1.92 bits per heavy atom. The normalized spacial score (nSPS) is 12.6. The molecule has 0 spiro atoms. The molecule has 3 N–H and O–H groups in total. The maximum absolute atomic E-state index is 12.8. The van der Waals surface area contributed by atoms with Crippen molar-refractivity contribution in [2.24, 2.45) is 12.8 Å². The second kappa shape index (κ2) is 6.45. The van der Waals surface area contributed by atoms with Gasteiger partial charge >= 0.3 is 6.18 Å². The number of fused-ring (bicyclic) bond motifs is 1. The van der Waals surface area contributed by atoms with Crippen LogP contribution in [0.3, 0.4) is 0 Å². The average Bonchev–Trinajstić information content (AvgIpc) is 2.91. The summed E-state index contributed by atoms with van der Waals surface area (Å²) in [5.74, 6) is 0.227. The quantitative estimate of drug-likeness (QED) is 0.675. The number of hydrogen-bond donors (Lipinski definition) is 2. The molecule has 2 aromatic heterocycles. The monoisotopic (exact) mass is 379 g/mol. The fourth-order valence-electron chi connectivity index (χ4n) is 2.42. The lowest BCUT2D eigenvalue weighted by Gasteiger charge is -2.05. The Hall–Kier alpha value is -2.87. The van der Waals surface area contributed by atoms with Crippen LogP contribution >= 0.6 is 11.6 Å². The largest absolute Gasteiger partial charge is 0.417 e. The summed E-state index contributed by atoms with van der Waals surface area (Å²) < 4.78 is 39.9. The van der Waals surface area contributed by atoms with Gasteiger partial charge in [-0.2, -0.15) is 13.2 Å². The Kier molecular flexibility index (Phi) is 4.45. The van der Waals surface area contributed by atoms with Crippen LogP contribution in [0.25, 0.3) is 16.9 Å². The van der Waals surface area contributed by atoms with Crippen LogP contribution in [0.2, 0.25) is 5.02 Å². The molecular formula is C17H13ClF3N5. The summed E-state index contributed by atoms with van der Waals surface area (Å²) in [6.07, 6.45) is -2.37. The number of imidazole rings is 1. The fourth-order valence-corrected chi connectivity index (χ4v) is 2.55. The van der Waals surface area contributed by atoms with E-state index >= 15 is 0 Å². The Balaban J connectivity index is 1.99. The second-order valence-corrected chi connectivity index (χ2v) is 6.02.